The summed E-state index contributed by atoms with van der Waals surface area (Å²) in [5.41, 5.74) is 1.43. The molecular formula is C21H18ClN3O2S. The van der Waals surface area contributed by atoms with E-state index in [9.17, 15) is 9.59 Å². The molecule has 1 amide bonds. The molecule has 4 aromatic rings. The summed E-state index contributed by atoms with van der Waals surface area (Å²) in [5, 5.41) is 9.46. The van der Waals surface area contributed by atoms with Crippen LogP contribution in [-0.4, -0.2) is 15.7 Å². The van der Waals surface area contributed by atoms with Gasteiger partial charge in [0, 0.05) is 21.7 Å². The van der Waals surface area contributed by atoms with Gasteiger partial charge in [0.15, 0.2) is 0 Å². The Morgan fingerprint density at radius 3 is 2.68 bits per heavy atom. The maximum absolute atomic E-state index is 13.1. The van der Waals surface area contributed by atoms with Crippen molar-refractivity contribution in [2.75, 3.05) is 0 Å². The monoisotopic (exact) mass is 411 g/mol. The standard InChI is InChI=1S/C21H18ClN3O2S/c1-12-19-18(16-5-3-4-6-17(16)28-19)21(27)25(24-12)13(2)20(26)23-11-14-7-9-15(22)10-8-14/h3-10,13H,11H2,1-2H3,(H,23,26)/t13-/m1/s1. The normalized spacial score (nSPS) is 12.4. The Bertz CT molecular complexity index is 1240. The van der Waals surface area contributed by atoms with Gasteiger partial charge in [-0.05, 0) is 37.6 Å². The highest BCUT2D eigenvalue weighted by atomic mass is 35.5. The zero-order valence-electron chi connectivity index (χ0n) is 15.4. The van der Waals surface area contributed by atoms with E-state index in [-0.39, 0.29) is 11.5 Å². The fourth-order valence-corrected chi connectivity index (χ4v) is 4.45. The van der Waals surface area contributed by atoms with Gasteiger partial charge in [-0.2, -0.15) is 5.10 Å². The second-order valence-electron chi connectivity index (χ2n) is 6.66. The molecule has 0 saturated carbocycles. The zero-order chi connectivity index (χ0) is 19.8. The maximum Gasteiger partial charge on any atom is 0.276 e. The van der Waals surface area contributed by atoms with Crippen LogP contribution in [0.25, 0.3) is 20.2 Å². The van der Waals surface area contributed by atoms with Crippen molar-refractivity contribution < 1.29 is 4.79 Å². The number of halogens is 1. The first-order chi connectivity index (χ1) is 13.5. The van der Waals surface area contributed by atoms with Crippen molar-refractivity contribution in [3.63, 3.8) is 0 Å². The zero-order valence-corrected chi connectivity index (χ0v) is 17.0. The van der Waals surface area contributed by atoms with Gasteiger partial charge in [-0.15, -0.1) is 11.3 Å². The van der Waals surface area contributed by atoms with Crippen LogP contribution < -0.4 is 10.9 Å². The van der Waals surface area contributed by atoms with Gasteiger partial charge in [0.25, 0.3) is 5.56 Å². The summed E-state index contributed by atoms with van der Waals surface area (Å²) in [7, 11) is 0. The summed E-state index contributed by atoms with van der Waals surface area (Å²) in [6, 6.07) is 14.3. The average molecular weight is 412 g/mol. The molecule has 0 aliphatic carbocycles. The highest BCUT2D eigenvalue weighted by Crippen LogP contribution is 2.32. The molecule has 142 valence electrons. The predicted molar refractivity (Wildman–Crippen MR) is 114 cm³/mol. The summed E-state index contributed by atoms with van der Waals surface area (Å²) in [5.74, 6) is -0.261. The van der Waals surface area contributed by atoms with E-state index in [4.69, 9.17) is 11.6 Å². The van der Waals surface area contributed by atoms with Crippen LogP contribution >= 0.6 is 22.9 Å². The minimum absolute atomic E-state index is 0.243. The number of nitrogens with zero attached hydrogens (tertiary/aromatic N) is 2. The van der Waals surface area contributed by atoms with Crippen LogP contribution in [0.2, 0.25) is 5.02 Å². The molecule has 2 heterocycles. The molecule has 7 heteroatoms. The van der Waals surface area contributed by atoms with Gasteiger partial charge in [-0.25, -0.2) is 4.68 Å². The van der Waals surface area contributed by atoms with Gasteiger partial charge in [-0.3, -0.25) is 9.59 Å². The van der Waals surface area contributed by atoms with Crippen LogP contribution in [0.1, 0.15) is 24.2 Å². The third kappa shape index (κ3) is 3.30. The number of aryl methyl sites for hydroxylation is 1. The van der Waals surface area contributed by atoms with Crippen molar-refractivity contribution in [2.24, 2.45) is 0 Å². The number of nitrogens with one attached hydrogen (secondary N) is 1. The van der Waals surface area contributed by atoms with Gasteiger partial charge in [0.05, 0.1) is 15.8 Å². The lowest BCUT2D eigenvalue weighted by molar-refractivity contribution is -0.124. The van der Waals surface area contributed by atoms with E-state index in [0.29, 0.717) is 17.0 Å². The number of hydrogen-bond acceptors (Lipinski definition) is 4. The first-order valence-electron chi connectivity index (χ1n) is 8.88. The van der Waals surface area contributed by atoms with E-state index < -0.39 is 6.04 Å². The topological polar surface area (TPSA) is 64.0 Å². The Morgan fingerprint density at radius 2 is 1.93 bits per heavy atom. The average Bonchev–Trinajstić information content (AvgIpc) is 3.10. The summed E-state index contributed by atoms with van der Waals surface area (Å²) in [6.45, 7) is 3.91. The Balaban J connectivity index is 1.66. The number of fused-ring (bicyclic) bond motifs is 3. The minimum atomic E-state index is -0.721. The molecule has 5 nitrogen and oxygen atoms in total. The maximum atomic E-state index is 13.1. The summed E-state index contributed by atoms with van der Waals surface area (Å²) in [6.07, 6.45) is 0. The number of rotatable bonds is 4. The third-order valence-electron chi connectivity index (χ3n) is 4.73. The van der Waals surface area contributed by atoms with Crippen LogP contribution in [0.4, 0.5) is 0 Å². The minimum Gasteiger partial charge on any atom is -0.350 e. The van der Waals surface area contributed by atoms with Crippen LogP contribution in [0.15, 0.2) is 53.3 Å². The van der Waals surface area contributed by atoms with Crippen molar-refractivity contribution in [1.82, 2.24) is 15.1 Å². The van der Waals surface area contributed by atoms with E-state index in [0.717, 1.165) is 26.0 Å². The van der Waals surface area contributed by atoms with E-state index in [1.54, 1.807) is 30.4 Å². The fraction of sp³-hybridized carbons (Fsp3) is 0.190. The number of aromatic nitrogens is 2. The van der Waals surface area contributed by atoms with E-state index in [1.807, 2.05) is 43.3 Å². The highest BCUT2D eigenvalue weighted by Gasteiger charge is 2.21. The molecule has 0 spiro atoms. The van der Waals surface area contributed by atoms with Crippen LogP contribution in [0.3, 0.4) is 0 Å². The Kier molecular flexibility index (Phi) is 4.91. The van der Waals surface area contributed by atoms with Crippen LogP contribution in [0.5, 0.6) is 0 Å². The molecule has 0 bridgehead atoms. The van der Waals surface area contributed by atoms with Gasteiger partial charge < -0.3 is 5.32 Å². The van der Waals surface area contributed by atoms with Crippen molar-refractivity contribution in [2.45, 2.75) is 26.4 Å². The van der Waals surface area contributed by atoms with Crippen molar-refractivity contribution in [1.29, 1.82) is 0 Å². The SMILES string of the molecule is Cc1nn([C@H](C)C(=O)NCc2ccc(Cl)cc2)c(=O)c2c1sc1ccccc12. The lowest BCUT2D eigenvalue weighted by Gasteiger charge is -2.15. The van der Waals surface area contributed by atoms with E-state index in [2.05, 4.69) is 10.4 Å². The number of carbonyl (C=O) groups excluding carboxylic acids is 1. The van der Waals surface area contributed by atoms with Crippen molar-refractivity contribution in [3.8, 4) is 0 Å². The summed E-state index contributed by atoms with van der Waals surface area (Å²) >= 11 is 7.44. The van der Waals surface area contributed by atoms with E-state index >= 15 is 0 Å². The number of thiophene rings is 1. The van der Waals surface area contributed by atoms with Gasteiger partial charge in [-0.1, -0.05) is 41.9 Å². The van der Waals surface area contributed by atoms with Gasteiger partial charge in [0.1, 0.15) is 6.04 Å². The first kappa shape index (κ1) is 18.7. The molecule has 2 aromatic carbocycles. The van der Waals surface area contributed by atoms with E-state index in [1.165, 1.54) is 4.68 Å². The number of amides is 1. The molecule has 28 heavy (non-hydrogen) atoms. The molecule has 0 unspecified atom stereocenters. The molecule has 0 fully saturated rings. The smallest absolute Gasteiger partial charge is 0.276 e. The number of hydrogen-bond donors (Lipinski definition) is 1. The fourth-order valence-electron chi connectivity index (χ4n) is 3.19. The molecular weight excluding hydrogens is 394 g/mol. The summed E-state index contributed by atoms with van der Waals surface area (Å²) < 4.78 is 3.20. The molecule has 0 saturated heterocycles. The molecule has 2 aromatic heterocycles. The quantitative estimate of drug-likeness (QED) is 0.539. The third-order valence-corrected chi connectivity index (χ3v) is 6.26. The van der Waals surface area contributed by atoms with Crippen LogP contribution in [0, 0.1) is 6.92 Å². The molecule has 1 atom stereocenters. The Morgan fingerprint density at radius 1 is 1.21 bits per heavy atom. The first-order valence-corrected chi connectivity index (χ1v) is 10.1. The van der Waals surface area contributed by atoms with Gasteiger partial charge in [0.2, 0.25) is 5.91 Å². The molecule has 4 rings (SSSR count). The lowest BCUT2D eigenvalue weighted by atomic mass is 10.2. The van der Waals surface area contributed by atoms with Crippen molar-refractivity contribution >= 4 is 49.0 Å². The lowest BCUT2D eigenvalue weighted by Crippen LogP contribution is -2.37. The molecule has 0 aliphatic rings. The van der Waals surface area contributed by atoms with Crippen molar-refractivity contribution in [3.05, 3.63) is 75.2 Å². The number of benzene rings is 2. The highest BCUT2D eigenvalue weighted by molar-refractivity contribution is 7.26. The summed E-state index contributed by atoms with van der Waals surface area (Å²) in [4.78, 5) is 25.8. The number of carbonyl (C=O) groups is 1. The largest absolute Gasteiger partial charge is 0.350 e. The Labute approximate surface area is 170 Å². The van der Waals surface area contributed by atoms with Gasteiger partial charge >= 0.3 is 0 Å². The second kappa shape index (κ2) is 7.37. The molecule has 0 aliphatic heterocycles. The van der Waals surface area contributed by atoms with Crippen LogP contribution in [-0.2, 0) is 11.3 Å². The molecule has 1 N–H and O–H groups in total. The second-order valence-corrected chi connectivity index (χ2v) is 8.15. The predicted octanol–water partition coefficient (Wildman–Crippen LogP) is 4.45. The Hall–Kier alpha value is -2.70. The molecule has 0 radical (unpaired) electrons.